The molecule has 0 unspecified atom stereocenters. The zero-order chi connectivity index (χ0) is 14.5. The largest absolute Gasteiger partial charge is 0.494 e. The zero-order valence-corrected chi connectivity index (χ0v) is 13.1. The van der Waals surface area contributed by atoms with Gasteiger partial charge in [-0.15, -0.1) is 0 Å². The summed E-state index contributed by atoms with van der Waals surface area (Å²) in [6.45, 7) is 2.69. The molecular weight excluding hydrogens is 321 g/mol. The number of ether oxygens (including phenoxy) is 1. The fraction of sp³-hybridized carbons (Fsp3) is 0.250. The zero-order valence-electron chi connectivity index (χ0n) is 11.5. The van der Waals surface area contributed by atoms with Gasteiger partial charge in [0.05, 0.1) is 7.11 Å². The van der Waals surface area contributed by atoms with E-state index >= 15 is 0 Å². The maximum Gasteiger partial charge on any atom is 0.165 e. The molecule has 0 fully saturated rings. The Bertz CT molecular complexity index is 588. The molecule has 0 aliphatic carbocycles. The van der Waals surface area contributed by atoms with E-state index in [9.17, 15) is 4.39 Å². The first-order chi connectivity index (χ1) is 9.60. The van der Waals surface area contributed by atoms with Gasteiger partial charge in [0, 0.05) is 17.1 Å². The minimum atomic E-state index is -0.332. The van der Waals surface area contributed by atoms with Crippen molar-refractivity contribution in [2.24, 2.45) is 0 Å². The molecule has 0 saturated carbocycles. The monoisotopic (exact) mass is 337 g/mol. The SMILES string of the molecule is COc1ccc(CN[C@H](C)c2cccc(Br)c2)cc1F. The van der Waals surface area contributed by atoms with E-state index in [4.69, 9.17) is 4.74 Å². The van der Waals surface area contributed by atoms with Crippen molar-refractivity contribution in [2.75, 3.05) is 7.11 Å². The first-order valence-corrected chi connectivity index (χ1v) is 7.20. The summed E-state index contributed by atoms with van der Waals surface area (Å²) >= 11 is 3.46. The third-order valence-corrected chi connectivity index (χ3v) is 3.67. The Morgan fingerprint density at radius 1 is 1.25 bits per heavy atom. The molecule has 2 aromatic rings. The van der Waals surface area contributed by atoms with Crippen LogP contribution in [0.25, 0.3) is 0 Å². The van der Waals surface area contributed by atoms with Crippen molar-refractivity contribution < 1.29 is 9.13 Å². The minimum absolute atomic E-state index is 0.192. The van der Waals surface area contributed by atoms with Crippen molar-refractivity contribution in [2.45, 2.75) is 19.5 Å². The molecule has 0 spiro atoms. The van der Waals surface area contributed by atoms with Crippen molar-refractivity contribution in [1.82, 2.24) is 5.32 Å². The van der Waals surface area contributed by atoms with Gasteiger partial charge in [0.2, 0.25) is 0 Å². The van der Waals surface area contributed by atoms with Crippen molar-refractivity contribution in [3.8, 4) is 5.75 Å². The van der Waals surface area contributed by atoms with Gasteiger partial charge in [-0.3, -0.25) is 0 Å². The van der Waals surface area contributed by atoms with E-state index in [1.807, 2.05) is 18.2 Å². The van der Waals surface area contributed by atoms with E-state index in [1.54, 1.807) is 6.07 Å². The maximum atomic E-state index is 13.6. The lowest BCUT2D eigenvalue weighted by atomic mass is 10.1. The lowest BCUT2D eigenvalue weighted by molar-refractivity contribution is 0.386. The lowest BCUT2D eigenvalue weighted by Crippen LogP contribution is -2.18. The smallest absolute Gasteiger partial charge is 0.165 e. The second kappa shape index (κ2) is 6.86. The van der Waals surface area contributed by atoms with Crippen LogP contribution in [0.4, 0.5) is 4.39 Å². The molecule has 106 valence electrons. The number of hydrogen-bond donors (Lipinski definition) is 1. The summed E-state index contributed by atoms with van der Waals surface area (Å²) in [5, 5.41) is 3.38. The van der Waals surface area contributed by atoms with Crippen LogP contribution in [0, 0.1) is 5.82 Å². The second-order valence-corrected chi connectivity index (χ2v) is 5.54. The highest BCUT2D eigenvalue weighted by atomic mass is 79.9. The van der Waals surface area contributed by atoms with Crippen LogP contribution in [-0.2, 0) is 6.54 Å². The Hall–Kier alpha value is -1.39. The predicted octanol–water partition coefficient (Wildman–Crippen LogP) is 4.45. The molecule has 0 bridgehead atoms. The molecule has 0 aromatic heterocycles. The third-order valence-electron chi connectivity index (χ3n) is 3.18. The average molecular weight is 338 g/mol. The standard InChI is InChI=1S/C16H17BrFNO/c1-11(13-4-3-5-14(17)9-13)19-10-12-6-7-16(20-2)15(18)8-12/h3-9,11,19H,10H2,1-2H3/t11-/m1/s1. The molecular formula is C16H17BrFNO. The Morgan fingerprint density at radius 3 is 2.70 bits per heavy atom. The van der Waals surface area contributed by atoms with Gasteiger partial charge in [-0.2, -0.15) is 0 Å². The molecule has 2 aromatic carbocycles. The van der Waals surface area contributed by atoms with Gasteiger partial charge in [-0.25, -0.2) is 4.39 Å². The normalized spacial score (nSPS) is 12.2. The number of halogens is 2. The van der Waals surface area contributed by atoms with Crippen LogP contribution in [0.15, 0.2) is 46.9 Å². The van der Waals surface area contributed by atoms with E-state index in [2.05, 4.69) is 40.3 Å². The molecule has 1 N–H and O–H groups in total. The van der Waals surface area contributed by atoms with Crippen LogP contribution in [0.2, 0.25) is 0 Å². The summed E-state index contributed by atoms with van der Waals surface area (Å²) in [4.78, 5) is 0. The van der Waals surface area contributed by atoms with Gasteiger partial charge in [0.1, 0.15) is 0 Å². The van der Waals surface area contributed by atoms with Gasteiger partial charge in [-0.1, -0.05) is 34.1 Å². The molecule has 0 saturated heterocycles. The van der Waals surface area contributed by atoms with Gasteiger partial charge in [0.15, 0.2) is 11.6 Å². The Balaban J connectivity index is 1.99. The molecule has 4 heteroatoms. The highest BCUT2D eigenvalue weighted by molar-refractivity contribution is 9.10. The van der Waals surface area contributed by atoms with Crippen molar-refractivity contribution >= 4 is 15.9 Å². The van der Waals surface area contributed by atoms with E-state index in [0.29, 0.717) is 6.54 Å². The van der Waals surface area contributed by atoms with Crippen LogP contribution in [0.1, 0.15) is 24.1 Å². The first-order valence-electron chi connectivity index (χ1n) is 6.41. The summed E-state index contributed by atoms with van der Waals surface area (Å²) in [7, 11) is 1.46. The van der Waals surface area contributed by atoms with Gasteiger partial charge in [-0.05, 0) is 42.3 Å². The molecule has 0 radical (unpaired) electrons. The summed E-state index contributed by atoms with van der Waals surface area (Å²) in [6, 6.07) is 13.3. The predicted molar refractivity (Wildman–Crippen MR) is 82.3 cm³/mol. The Kier molecular flexibility index (Phi) is 5.15. The summed E-state index contributed by atoms with van der Waals surface area (Å²) < 4.78 is 19.6. The first kappa shape index (κ1) is 15.0. The molecule has 0 aliphatic rings. The molecule has 1 atom stereocenters. The van der Waals surface area contributed by atoms with Crippen molar-refractivity contribution in [3.63, 3.8) is 0 Å². The minimum Gasteiger partial charge on any atom is -0.494 e. The number of nitrogens with one attached hydrogen (secondary N) is 1. The van der Waals surface area contributed by atoms with Gasteiger partial charge < -0.3 is 10.1 Å². The molecule has 2 rings (SSSR count). The third kappa shape index (κ3) is 3.81. The highest BCUT2D eigenvalue weighted by Crippen LogP contribution is 2.20. The maximum absolute atomic E-state index is 13.6. The van der Waals surface area contributed by atoms with Crippen LogP contribution >= 0.6 is 15.9 Å². The molecule has 0 heterocycles. The molecule has 0 aliphatic heterocycles. The average Bonchev–Trinajstić information content (AvgIpc) is 2.45. The van der Waals surface area contributed by atoms with Gasteiger partial charge in [0.25, 0.3) is 0 Å². The number of benzene rings is 2. The fourth-order valence-corrected chi connectivity index (χ4v) is 2.40. The van der Waals surface area contributed by atoms with Crippen LogP contribution in [0.5, 0.6) is 5.75 Å². The number of hydrogen-bond acceptors (Lipinski definition) is 2. The van der Waals surface area contributed by atoms with Crippen molar-refractivity contribution in [1.29, 1.82) is 0 Å². The summed E-state index contributed by atoms with van der Waals surface area (Å²) in [5.74, 6) is -0.0595. The van der Waals surface area contributed by atoms with Crippen LogP contribution in [-0.4, -0.2) is 7.11 Å². The lowest BCUT2D eigenvalue weighted by Gasteiger charge is -2.15. The highest BCUT2D eigenvalue weighted by Gasteiger charge is 2.07. The Labute approximate surface area is 127 Å². The Morgan fingerprint density at radius 2 is 2.05 bits per heavy atom. The number of rotatable bonds is 5. The van der Waals surface area contributed by atoms with Gasteiger partial charge >= 0.3 is 0 Å². The molecule has 2 nitrogen and oxygen atoms in total. The van der Waals surface area contributed by atoms with Crippen LogP contribution in [0.3, 0.4) is 0 Å². The van der Waals surface area contributed by atoms with E-state index in [1.165, 1.54) is 18.7 Å². The molecule has 20 heavy (non-hydrogen) atoms. The molecule has 0 amide bonds. The topological polar surface area (TPSA) is 21.3 Å². The van der Waals surface area contributed by atoms with E-state index < -0.39 is 0 Å². The van der Waals surface area contributed by atoms with Crippen molar-refractivity contribution in [3.05, 3.63) is 63.9 Å². The van der Waals surface area contributed by atoms with E-state index in [-0.39, 0.29) is 17.6 Å². The number of methoxy groups -OCH3 is 1. The fourth-order valence-electron chi connectivity index (χ4n) is 1.98. The summed E-state index contributed by atoms with van der Waals surface area (Å²) in [6.07, 6.45) is 0. The van der Waals surface area contributed by atoms with Crippen LogP contribution < -0.4 is 10.1 Å². The summed E-state index contributed by atoms with van der Waals surface area (Å²) in [5.41, 5.74) is 2.08. The second-order valence-electron chi connectivity index (χ2n) is 4.63. The quantitative estimate of drug-likeness (QED) is 0.870. The van der Waals surface area contributed by atoms with E-state index in [0.717, 1.165) is 10.0 Å².